The second-order valence-corrected chi connectivity index (χ2v) is 8.32. The van der Waals surface area contributed by atoms with Crippen LogP contribution in [0.4, 0.5) is 10.1 Å². The summed E-state index contributed by atoms with van der Waals surface area (Å²) in [7, 11) is 0. The van der Waals surface area contributed by atoms with Gasteiger partial charge in [-0.1, -0.05) is 78.8 Å². The second kappa shape index (κ2) is 9.31. The van der Waals surface area contributed by atoms with Gasteiger partial charge in [0.05, 0.1) is 5.69 Å². The van der Waals surface area contributed by atoms with Gasteiger partial charge in [0.2, 0.25) is 0 Å². The molecular formula is C26H23FN2OS. The van der Waals surface area contributed by atoms with Crippen LogP contribution < -0.4 is 4.90 Å². The normalized spacial score (nSPS) is 14.9. The molecule has 0 saturated carbocycles. The number of carbonyl (C=O) groups excluding carboxylic acids is 1. The van der Waals surface area contributed by atoms with Crippen molar-refractivity contribution < 1.29 is 9.18 Å². The maximum absolute atomic E-state index is 13.4. The van der Waals surface area contributed by atoms with E-state index in [1.165, 1.54) is 23.9 Å². The summed E-state index contributed by atoms with van der Waals surface area (Å²) >= 11 is 1.48. The molecule has 0 spiro atoms. The number of amidine groups is 1. The fourth-order valence-electron chi connectivity index (χ4n) is 3.38. The fourth-order valence-corrected chi connectivity index (χ4v) is 4.34. The highest BCUT2D eigenvalue weighted by Gasteiger charge is 2.33. The molecule has 0 N–H and O–H groups in total. The molecular weight excluding hydrogens is 407 g/mol. The van der Waals surface area contributed by atoms with Gasteiger partial charge in [0.1, 0.15) is 11.5 Å². The van der Waals surface area contributed by atoms with E-state index in [2.05, 4.69) is 6.92 Å². The van der Waals surface area contributed by atoms with Crippen LogP contribution in [0.3, 0.4) is 0 Å². The van der Waals surface area contributed by atoms with Crippen molar-refractivity contribution in [3.63, 3.8) is 0 Å². The summed E-state index contributed by atoms with van der Waals surface area (Å²) in [6, 6.07) is 22.3. The molecule has 1 aliphatic rings. The van der Waals surface area contributed by atoms with Crippen LogP contribution in [-0.2, 0) is 17.0 Å². The lowest BCUT2D eigenvalue weighted by molar-refractivity contribution is -0.113. The number of halogens is 1. The number of rotatable bonds is 5. The number of amides is 1. The summed E-state index contributed by atoms with van der Waals surface area (Å²) in [5, 5.41) is 0.633. The van der Waals surface area contributed by atoms with Crippen molar-refractivity contribution in [3.8, 4) is 0 Å². The predicted molar refractivity (Wildman–Crippen MR) is 128 cm³/mol. The molecule has 156 valence electrons. The van der Waals surface area contributed by atoms with Crippen molar-refractivity contribution in [2.45, 2.75) is 26.0 Å². The zero-order valence-corrected chi connectivity index (χ0v) is 18.3. The Morgan fingerprint density at radius 2 is 1.71 bits per heavy atom. The SMILES string of the molecule is CCc1ccccc1N1C(=O)C(=Cc2ccc(C)cc2)N=C1SCc1ccc(F)cc1. The first-order valence-corrected chi connectivity index (χ1v) is 11.2. The molecule has 0 saturated heterocycles. The Kier molecular flexibility index (Phi) is 6.33. The largest absolute Gasteiger partial charge is 0.283 e. The van der Waals surface area contributed by atoms with E-state index < -0.39 is 0 Å². The maximum Gasteiger partial charge on any atom is 0.283 e. The zero-order valence-electron chi connectivity index (χ0n) is 17.5. The minimum Gasteiger partial charge on any atom is -0.266 e. The number of anilines is 1. The molecule has 1 aliphatic heterocycles. The molecule has 0 atom stereocenters. The van der Waals surface area contributed by atoms with Crippen LogP contribution in [0.25, 0.3) is 6.08 Å². The lowest BCUT2D eigenvalue weighted by atomic mass is 10.1. The smallest absolute Gasteiger partial charge is 0.266 e. The first-order chi connectivity index (χ1) is 15.0. The Bertz CT molecular complexity index is 1150. The molecule has 3 aromatic rings. The van der Waals surface area contributed by atoms with Gasteiger partial charge >= 0.3 is 0 Å². The van der Waals surface area contributed by atoms with E-state index in [4.69, 9.17) is 4.99 Å². The van der Waals surface area contributed by atoms with Crippen molar-refractivity contribution in [2.75, 3.05) is 4.90 Å². The molecule has 4 rings (SSSR count). The van der Waals surface area contributed by atoms with E-state index in [-0.39, 0.29) is 11.7 Å². The highest BCUT2D eigenvalue weighted by molar-refractivity contribution is 8.13. The van der Waals surface area contributed by atoms with Crippen LogP contribution in [-0.4, -0.2) is 11.1 Å². The zero-order chi connectivity index (χ0) is 21.8. The van der Waals surface area contributed by atoms with Crippen molar-refractivity contribution in [1.82, 2.24) is 0 Å². The summed E-state index contributed by atoms with van der Waals surface area (Å²) in [5.74, 6) is 0.196. The number of thioether (sulfide) groups is 1. The van der Waals surface area contributed by atoms with Gasteiger partial charge in [0.25, 0.3) is 5.91 Å². The summed E-state index contributed by atoms with van der Waals surface area (Å²) in [5.41, 5.74) is 5.43. The molecule has 3 nitrogen and oxygen atoms in total. The van der Waals surface area contributed by atoms with E-state index in [1.54, 1.807) is 17.0 Å². The predicted octanol–water partition coefficient (Wildman–Crippen LogP) is 6.37. The Labute approximate surface area is 186 Å². The van der Waals surface area contributed by atoms with Crippen molar-refractivity contribution >= 4 is 34.6 Å². The number of aliphatic imine (C=N–C) groups is 1. The molecule has 0 bridgehead atoms. The van der Waals surface area contributed by atoms with Crippen LogP contribution in [0.15, 0.2) is 83.5 Å². The molecule has 0 aromatic heterocycles. The maximum atomic E-state index is 13.4. The number of para-hydroxylation sites is 1. The minimum absolute atomic E-state index is 0.136. The van der Waals surface area contributed by atoms with Crippen molar-refractivity contribution in [2.24, 2.45) is 4.99 Å². The molecule has 3 aromatic carbocycles. The highest BCUT2D eigenvalue weighted by atomic mass is 32.2. The van der Waals surface area contributed by atoms with Crippen molar-refractivity contribution in [1.29, 1.82) is 0 Å². The third-order valence-electron chi connectivity index (χ3n) is 5.10. The number of hydrogen-bond donors (Lipinski definition) is 0. The van der Waals surface area contributed by atoms with E-state index in [1.807, 2.05) is 61.5 Å². The minimum atomic E-state index is -0.260. The van der Waals surface area contributed by atoms with Gasteiger partial charge in [-0.3, -0.25) is 9.69 Å². The van der Waals surface area contributed by atoms with Crippen LogP contribution in [0.2, 0.25) is 0 Å². The first kappa shape index (κ1) is 21.1. The second-order valence-electron chi connectivity index (χ2n) is 7.37. The Balaban J connectivity index is 1.69. The summed E-state index contributed by atoms with van der Waals surface area (Å²) in [6.07, 6.45) is 2.64. The van der Waals surface area contributed by atoms with E-state index in [0.29, 0.717) is 16.6 Å². The third kappa shape index (κ3) is 4.78. The number of carbonyl (C=O) groups is 1. The number of nitrogens with zero attached hydrogens (tertiary/aromatic N) is 2. The molecule has 1 heterocycles. The lowest BCUT2D eigenvalue weighted by Crippen LogP contribution is -2.31. The Morgan fingerprint density at radius 1 is 1.00 bits per heavy atom. The van der Waals surface area contributed by atoms with E-state index >= 15 is 0 Å². The third-order valence-corrected chi connectivity index (χ3v) is 6.11. The van der Waals surface area contributed by atoms with Gasteiger partial charge in [-0.25, -0.2) is 9.38 Å². The van der Waals surface area contributed by atoms with Crippen LogP contribution in [0.5, 0.6) is 0 Å². The molecule has 0 unspecified atom stereocenters. The van der Waals surface area contributed by atoms with E-state index in [0.717, 1.165) is 34.4 Å². The summed E-state index contributed by atoms with van der Waals surface area (Å²) in [6.45, 7) is 4.11. The number of benzene rings is 3. The molecule has 31 heavy (non-hydrogen) atoms. The Morgan fingerprint density at radius 3 is 2.42 bits per heavy atom. The quantitative estimate of drug-likeness (QED) is 0.440. The van der Waals surface area contributed by atoms with Crippen LogP contribution in [0.1, 0.15) is 29.2 Å². The Hall–Kier alpha value is -3.18. The molecule has 0 radical (unpaired) electrons. The van der Waals surface area contributed by atoms with Gasteiger partial charge in [0.15, 0.2) is 5.17 Å². The average molecular weight is 431 g/mol. The van der Waals surface area contributed by atoms with Gasteiger partial charge in [-0.2, -0.15) is 0 Å². The van der Waals surface area contributed by atoms with E-state index in [9.17, 15) is 9.18 Å². The standard InChI is InChI=1S/C26H23FN2OS/c1-3-21-6-4-5-7-24(21)29-25(30)23(16-19-10-8-18(2)9-11-19)28-26(29)31-17-20-12-14-22(27)15-13-20/h4-16H,3,17H2,1-2H3. The first-order valence-electron chi connectivity index (χ1n) is 10.2. The fraction of sp³-hybridized carbons (Fsp3) is 0.154. The van der Waals surface area contributed by atoms with Gasteiger partial charge in [-0.05, 0) is 54.3 Å². The number of aryl methyl sites for hydroxylation is 2. The van der Waals surface area contributed by atoms with Gasteiger partial charge in [0, 0.05) is 5.75 Å². The molecule has 0 fully saturated rings. The van der Waals surface area contributed by atoms with Crippen molar-refractivity contribution in [3.05, 3.63) is 107 Å². The monoisotopic (exact) mass is 430 g/mol. The summed E-state index contributed by atoms with van der Waals surface area (Å²) in [4.78, 5) is 19.8. The average Bonchev–Trinajstić information content (AvgIpc) is 3.09. The number of hydrogen-bond acceptors (Lipinski definition) is 3. The highest BCUT2D eigenvalue weighted by Crippen LogP contribution is 2.33. The molecule has 0 aliphatic carbocycles. The van der Waals surface area contributed by atoms with Crippen LogP contribution in [0, 0.1) is 12.7 Å². The topological polar surface area (TPSA) is 32.7 Å². The van der Waals surface area contributed by atoms with Gasteiger partial charge < -0.3 is 0 Å². The molecule has 1 amide bonds. The molecule has 5 heteroatoms. The van der Waals surface area contributed by atoms with Gasteiger partial charge in [-0.15, -0.1) is 0 Å². The lowest BCUT2D eigenvalue weighted by Gasteiger charge is -2.20. The van der Waals surface area contributed by atoms with Crippen LogP contribution >= 0.6 is 11.8 Å². The summed E-state index contributed by atoms with van der Waals surface area (Å²) < 4.78 is 13.2.